The van der Waals surface area contributed by atoms with Crippen molar-refractivity contribution < 1.29 is 14.3 Å². The van der Waals surface area contributed by atoms with E-state index in [0.29, 0.717) is 42.7 Å². The molecule has 0 radical (unpaired) electrons. The van der Waals surface area contributed by atoms with Crippen LogP contribution in [0.2, 0.25) is 5.02 Å². The van der Waals surface area contributed by atoms with E-state index in [0.717, 1.165) is 11.3 Å². The van der Waals surface area contributed by atoms with Crippen LogP contribution in [0.25, 0.3) is 0 Å². The van der Waals surface area contributed by atoms with Gasteiger partial charge < -0.3 is 14.8 Å². The zero-order chi connectivity index (χ0) is 16.8. The Balaban J connectivity index is 1.47. The Morgan fingerprint density at radius 2 is 1.96 bits per heavy atom. The molecule has 0 atom stereocenters. The highest BCUT2D eigenvalue weighted by molar-refractivity contribution is 7.99. The average Bonchev–Trinajstić information content (AvgIpc) is 2.61. The van der Waals surface area contributed by atoms with Gasteiger partial charge in [-0.1, -0.05) is 29.8 Å². The summed E-state index contributed by atoms with van der Waals surface area (Å²) >= 11 is 7.87. The minimum Gasteiger partial charge on any atom is -0.486 e. The van der Waals surface area contributed by atoms with Gasteiger partial charge in [-0.15, -0.1) is 11.8 Å². The molecule has 126 valence electrons. The maximum atomic E-state index is 12.0. The topological polar surface area (TPSA) is 47.6 Å². The lowest BCUT2D eigenvalue weighted by molar-refractivity contribution is -0.120. The van der Waals surface area contributed by atoms with E-state index in [4.69, 9.17) is 21.1 Å². The third kappa shape index (κ3) is 4.58. The molecule has 0 bridgehead atoms. The second-order valence-corrected chi connectivity index (χ2v) is 6.87. The molecular weight excluding hydrogens is 346 g/mol. The molecule has 1 N–H and O–H groups in total. The molecule has 2 aromatic rings. The van der Waals surface area contributed by atoms with Gasteiger partial charge in [-0.2, -0.15) is 0 Å². The second kappa shape index (κ2) is 8.31. The molecule has 1 amide bonds. The zero-order valence-electron chi connectivity index (χ0n) is 13.1. The van der Waals surface area contributed by atoms with Gasteiger partial charge in [0.2, 0.25) is 5.91 Å². The molecule has 6 heteroatoms. The van der Waals surface area contributed by atoms with Crippen LogP contribution in [0.5, 0.6) is 11.5 Å². The molecule has 0 aliphatic carbocycles. The van der Waals surface area contributed by atoms with E-state index in [-0.39, 0.29) is 5.91 Å². The summed E-state index contributed by atoms with van der Waals surface area (Å²) in [4.78, 5) is 13.1. The molecule has 24 heavy (non-hydrogen) atoms. The summed E-state index contributed by atoms with van der Waals surface area (Å²) in [5, 5.41) is 3.42. The lowest BCUT2D eigenvalue weighted by Crippen LogP contribution is -2.23. The van der Waals surface area contributed by atoms with Crippen molar-refractivity contribution in [2.24, 2.45) is 0 Å². The Morgan fingerprint density at radius 3 is 2.79 bits per heavy atom. The van der Waals surface area contributed by atoms with Crippen molar-refractivity contribution >= 4 is 29.3 Å². The van der Waals surface area contributed by atoms with Crippen molar-refractivity contribution in [3.8, 4) is 11.5 Å². The predicted octanol–water partition coefficient (Wildman–Crippen LogP) is 3.91. The van der Waals surface area contributed by atoms with Gasteiger partial charge in [0.1, 0.15) is 13.2 Å². The van der Waals surface area contributed by atoms with Crippen LogP contribution in [0.1, 0.15) is 12.0 Å². The number of nitrogens with one attached hydrogen (secondary N) is 1. The standard InChI is InChI=1S/C18H18ClNO3S/c19-15-10-13(11-16-18(15)23-8-7-22-16)12-20-17(21)6-9-24-14-4-2-1-3-5-14/h1-5,10-11H,6-9,12H2,(H,20,21). The Hall–Kier alpha value is -1.85. The minimum absolute atomic E-state index is 0.0180. The lowest BCUT2D eigenvalue weighted by Gasteiger charge is -2.20. The molecule has 1 heterocycles. The van der Waals surface area contributed by atoms with Gasteiger partial charge >= 0.3 is 0 Å². The first kappa shape index (κ1) is 17.0. The normalized spacial score (nSPS) is 12.7. The van der Waals surface area contributed by atoms with Gasteiger partial charge in [0.05, 0.1) is 5.02 Å². The van der Waals surface area contributed by atoms with Gasteiger partial charge in [-0.3, -0.25) is 4.79 Å². The van der Waals surface area contributed by atoms with Crippen LogP contribution in [0.3, 0.4) is 0 Å². The number of rotatable bonds is 6. The molecule has 1 aliphatic rings. The molecule has 3 rings (SSSR count). The van der Waals surface area contributed by atoms with Gasteiger partial charge in [-0.05, 0) is 29.8 Å². The molecule has 0 unspecified atom stereocenters. The number of fused-ring (bicyclic) bond motifs is 1. The summed E-state index contributed by atoms with van der Waals surface area (Å²) in [6, 6.07) is 13.7. The maximum Gasteiger partial charge on any atom is 0.221 e. The number of carbonyl (C=O) groups is 1. The van der Waals surface area contributed by atoms with Crippen LogP contribution in [0.4, 0.5) is 0 Å². The van der Waals surface area contributed by atoms with E-state index in [9.17, 15) is 4.79 Å². The third-order valence-corrected chi connectivity index (χ3v) is 4.78. The maximum absolute atomic E-state index is 12.0. The summed E-state index contributed by atoms with van der Waals surface area (Å²) in [7, 11) is 0. The summed E-state index contributed by atoms with van der Waals surface area (Å²) < 4.78 is 11.0. The third-order valence-electron chi connectivity index (χ3n) is 3.49. The van der Waals surface area contributed by atoms with E-state index in [1.165, 1.54) is 4.90 Å². The van der Waals surface area contributed by atoms with Crippen molar-refractivity contribution in [1.29, 1.82) is 0 Å². The molecular formula is C18H18ClNO3S. The Morgan fingerprint density at radius 1 is 1.17 bits per heavy atom. The van der Waals surface area contributed by atoms with E-state index in [1.807, 2.05) is 36.4 Å². The van der Waals surface area contributed by atoms with Crippen molar-refractivity contribution in [3.05, 3.63) is 53.1 Å². The van der Waals surface area contributed by atoms with Crippen molar-refractivity contribution in [2.45, 2.75) is 17.9 Å². The first-order valence-electron chi connectivity index (χ1n) is 7.75. The van der Waals surface area contributed by atoms with Gasteiger partial charge in [-0.25, -0.2) is 0 Å². The molecule has 4 nitrogen and oxygen atoms in total. The molecule has 0 aromatic heterocycles. The molecule has 2 aromatic carbocycles. The minimum atomic E-state index is 0.0180. The van der Waals surface area contributed by atoms with Crippen LogP contribution in [-0.4, -0.2) is 24.9 Å². The van der Waals surface area contributed by atoms with E-state index in [2.05, 4.69) is 5.32 Å². The average molecular weight is 364 g/mol. The first-order valence-corrected chi connectivity index (χ1v) is 9.11. The first-order chi connectivity index (χ1) is 11.7. The van der Waals surface area contributed by atoms with Crippen molar-refractivity contribution in [1.82, 2.24) is 5.32 Å². The highest BCUT2D eigenvalue weighted by Gasteiger charge is 2.16. The van der Waals surface area contributed by atoms with Crippen LogP contribution < -0.4 is 14.8 Å². The number of amides is 1. The fraction of sp³-hybridized carbons (Fsp3) is 0.278. The molecule has 1 aliphatic heterocycles. The fourth-order valence-electron chi connectivity index (χ4n) is 2.33. The molecule has 0 spiro atoms. The van der Waals surface area contributed by atoms with Crippen molar-refractivity contribution in [2.75, 3.05) is 19.0 Å². The number of thioether (sulfide) groups is 1. The largest absolute Gasteiger partial charge is 0.486 e. The molecule has 0 saturated heterocycles. The van der Waals surface area contributed by atoms with E-state index >= 15 is 0 Å². The smallest absolute Gasteiger partial charge is 0.221 e. The highest BCUT2D eigenvalue weighted by atomic mass is 35.5. The summed E-state index contributed by atoms with van der Waals surface area (Å²) in [5.41, 5.74) is 0.897. The monoisotopic (exact) mass is 363 g/mol. The van der Waals surface area contributed by atoms with Crippen molar-refractivity contribution in [3.63, 3.8) is 0 Å². The fourth-order valence-corrected chi connectivity index (χ4v) is 3.49. The number of hydrogen-bond acceptors (Lipinski definition) is 4. The zero-order valence-corrected chi connectivity index (χ0v) is 14.7. The number of ether oxygens (including phenoxy) is 2. The van der Waals surface area contributed by atoms with E-state index < -0.39 is 0 Å². The van der Waals surface area contributed by atoms with Gasteiger partial charge in [0.25, 0.3) is 0 Å². The summed E-state index contributed by atoms with van der Waals surface area (Å²) in [5.74, 6) is 1.98. The van der Waals surface area contributed by atoms with Gasteiger partial charge in [0, 0.05) is 23.6 Å². The number of benzene rings is 2. The van der Waals surface area contributed by atoms with Crippen LogP contribution in [0.15, 0.2) is 47.4 Å². The predicted molar refractivity (Wildman–Crippen MR) is 96.1 cm³/mol. The lowest BCUT2D eigenvalue weighted by atomic mass is 10.2. The van der Waals surface area contributed by atoms with Crippen LogP contribution >= 0.6 is 23.4 Å². The van der Waals surface area contributed by atoms with Crippen LogP contribution in [0, 0.1) is 0 Å². The van der Waals surface area contributed by atoms with Crippen LogP contribution in [-0.2, 0) is 11.3 Å². The van der Waals surface area contributed by atoms with E-state index in [1.54, 1.807) is 17.8 Å². The number of hydrogen-bond donors (Lipinski definition) is 1. The quantitative estimate of drug-likeness (QED) is 0.790. The molecule has 0 fully saturated rings. The Labute approximate surface area is 150 Å². The Bertz CT molecular complexity index is 709. The highest BCUT2D eigenvalue weighted by Crippen LogP contribution is 2.38. The number of carbonyl (C=O) groups excluding carboxylic acids is 1. The Kier molecular flexibility index (Phi) is 5.88. The SMILES string of the molecule is O=C(CCSc1ccccc1)NCc1cc(Cl)c2c(c1)OCCO2. The number of halogens is 1. The second-order valence-electron chi connectivity index (χ2n) is 5.29. The summed E-state index contributed by atoms with van der Waals surface area (Å²) in [6.45, 7) is 1.43. The molecule has 0 saturated carbocycles. The summed E-state index contributed by atoms with van der Waals surface area (Å²) in [6.07, 6.45) is 0.470. The van der Waals surface area contributed by atoms with Gasteiger partial charge in [0.15, 0.2) is 11.5 Å².